The van der Waals surface area contributed by atoms with Crippen molar-refractivity contribution in [3.05, 3.63) is 41.6 Å². The summed E-state index contributed by atoms with van der Waals surface area (Å²) in [7, 11) is 0. The highest BCUT2D eigenvalue weighted by molar-refractivity contribution is 8.00. The summed E-state index contributed by atoms with van der Waals surface area (Å²) in [5.41, 5.74) is 2.24. The van der Waals surface area contributed by atoms with Crippen molar-refractivity contribution in [3.63, 3.8) is 0 Å². The molecule has 0 aliphatic heterocycles. The summed E-state index contributed by atoms with van der Waals surface area (Å²) in [5, 5.41) is 9.81. The van der Waals surface area contributed by atoms with E-state index in [-0.39, 0.29) is 5.91 Å². The minimum Gasteiger partial charge on any atom is -0.308 e. The molecule has 5 heteroatoms. The van der Waals surface area contributed by atoms with Crippen LogP contribution in [0.1, 0.15) is 24.6 Å². The fraction of sp³-hybridized carbons (Fsp3) is 0.333. The van der Waals surface area contributed by atoms with Crippen LogP contribution in [0.2, 0.25) is 0 Å². The molecule has 1 aromatic carbocycles. The number of aryl methyl sites for hydroxylation is 2. The lowest BCUT2D eigenvalue weighted by Gasteiger charge is -2.04. The van der Waals surface area contributed by atoms with E-state index in [1.165, 1.54) is 5.56 Å². The minimum atomic E-state index is -0.0344. The highest BCUT2D eigenvalue weighted by Gasteiger charge is 2.07. The first-order valence-corrected chi connectivity index (χ1v) is 7.70. The fourth-order valence-electron chi connectivity index (χ4n) is 1.86. The lowest BCUT2D eigenvalue weighted by molar-refractivity contribution is -0.113. The molecule has 0 fully saturated rings. The lowest BCUT2D eigenvalue weighted by atomic mass is 10.2. The molecule has 0 radical (unpaired) electrons. The number of carbonyl (C=O) groups is 1. The van der Waals surface area contributed by atoms with Gasteiger partial charge >= 0.3 is 0 Å². The molecular formula is C15H19N3OS. The molecule has 0 bridgehead atoms. The van der Waals surface area contributed by atoms with Gasteiger partial charge in [-0.1, -0.05) is 31.5 Å². The van der Waals surface area contributed by atoms with E-state index in [0.717, 1.165) is 23.4 Å². The molecule has 0 spiro atoms. The van der Waals surface area contributed by atoms with Crippen LogP contribution in [0.3, 0.4) is 0 Å². The van der Waals surface area contributed by atoms with Gasteiger partial charge in [-0.2, -0.15) is 5.10 Å². The first-order chi connectivity index (χ1) is 9.69. The summed E-state index contributed by atoms with van der Waals surface area (Å²) in [6, 6.07) is 9.95. The largest absolute Gasteiger partial charge is 0.308 e. The Balaban J connectivity index is 1.84. The van der Waals surface area contributed by atoms with Crippen molar-refractivity contribution in [2.75, 3.05) is 11.1 Å². The summed E-state index contributed by atoms with van der Waals surface area (Å²) in [5.74, 6) is 0.956. The predicted octanol–water partition coefficient (Wildman–Crippen LogP) is 3.40. The third-order valence-electron chi connectivity index (χ3n) is 2.87. The van der Waals surface area contributed by atoms with Gasteiger partial charge in [-0.05, 0) is 25.0 Å². The molecule has 2 aromatic rings. The van der Waals surface area contributed by atoms with Crippen molar-refractivity contribution in [1.82, 2.24) is 10.2 Å². The summed E-state index contributed by atoms with van der Waals surface area (Å²) in [6.45, 7) is 4.16. The van der Waals surface area contributed by atoms with Crippen LogP contribution in [0.4, 0.5) is 5.82 Å². The molecular weight excluding hydrogens is 270 g/mol. The van der Waals surface area contributed by atoms with Crippen LogP contribution < -0.4 is 5.32 Å². The second-order valence-corrected chi connectivity index (χ2v) is 5.65. The lowest BCUT2D eigenvalue weighted by Crippen LogP contribution is -2.14. The smallest absolute Gasteiger partial charge is 0.235 e. The van der Waals surface area contributed by atoms with Gasteiger partial charge in [-0.25, -0.2) is 0 Å². The van der Waals surface area contributed by atoms with Gasteiger partial charge in [0, 0.05) is 16.7 Å². The summed E-state index contributed by atoms with van der Waals surface area (Å²) in [4.78, 5) is 13.0. The van der Waals surface area contributed by atoms with E-state index in [9.17, 15) is 4.79 Å². The molecule has 1 aromatic heterocycles. The molecule has 0 saturated carbocycles. The van der Waals surface area contributed by atoms with Crippen LogP contribution in [0, 0.1) is 6.92 Å². The molecule has 0 saturated heterocycles. The van der Waals surface area contributed by atoms with Gasteiger partial charge in [-0.15, -0.1) is 11.8 Å². The predicted molar refractivity (Wildman–Crippen MR) is 83.1 cm³/mol. The second-order valence-electron chi connectivity index (χ2n) is 4.63. The number of H-pyrrole nitrogens is 1. The molecule has 0 aliphatic rings. The number of rotatable bonds is 6. The van der Waals surface area contributed by atoms with E-state index in [0.29, 0.717) is 11.6 Å². The number of aromatic nitrogens is 2. The van der Waals surface area contributed by atoms with Gasteiger partial charge < -0.3 is 5.32 Å². The van der Waals surface area contributed by atoms with Crippen LogP contribution >= 0.6 is 11.8 Å². The monoisotopic (exact) mass is 289 g/mol. The molecule has 2 N–H and O–H groups in total. The van der Waals surface area contributed by atoms with Crippen molar-refractivity contribution in [2.24, 2.45) is 0 Å². The Bertz CT molecular complexity index is 580. The maximum Gasteiger partial charge on any atom is 0.235 e. The molecule has 0 atom stereocenters. The van der Waals surface area contributed by atoms with E-state index in [4.69, 9.17) is 0 Å². The highest BCUT2D eigenvalue weighted by atomic mass is 32.2. The van der Waals surface area contributed by atoms with Crippen molar-refractivity contribution >= 4 is 23.5 Å². The van der Waals surface area contributed by atoms with Crippen molar-refractivity contribution < 1.29 is 4.79 Å². The summed E-state index contributed by atoms with van der Waals surface area (Å²) < 4.78 is 0. The molecule has 106 valence electrons. The first kappa shape index (κ1) is 14.7. The third-order valence-corrected chi connectivity index (χ3v) is 4.05. The quantitative estimate of drug-likeness (QED) is 0.801. The molecule has 20 heavy (non-hydrogen) atoms. The maximum absolute atomic E-state index is 11.9. The van der Waals surface area contributed by atoms with E-state index in [2.05, 4.69) is 22.4 Å². The molecule has 1 heterocycles. The number of carbonyl (C=O) groups excluding carboxylic acids is 1. The Labute approximate surface area is 123 Å². The summed E-state index contributed by atoms with van der Waals surface area (Å²) >= 11 is 1.54. The number of nitrogens with zero attached hydrogens (tertiary/aromatic N) is 1. The topological polar surface area (TPSA) is 57.8 Å². The molecule has 2 rings (SSSR count). The molecule has 4 nitrogen and oxygen atoms in total. The normalized spacial score (nSPS) is 10.5. The van der Waals surface area contributed by atoms with Gasteiger partial charge in [0.05, 0.1) is 5.75 Å². The first-order valence-electron chi connectivity index (χ1n) is 6.71. The second kappa shape index (κ2) is 7.14. The Morgan fingerprint density at radius 3 is 2.95 bits per heavy atom. The molecule has 0 aliphatic carbocycles. The minimum absolute atomic E-state index is 0.0344. The third kappa shape index (κ3) is 4.13. The standard InChI is InChI=1S/C15H19N3OS/c1-3-6-12-9-14(18-17-12)16-15(19)10-20-13-8-5-4-7-11(13)2/h4-5,7-9H,3,6,10H2,1-2H3,(H2,16,17,18,19). The Morgan fingerprint density at radius 1 is 1.40 bits per heavy atom. The fourth-order valence-corrected chi connectivity index (χ4v) is 2.69. The zero-order valence-electron chi connectivity index (χ0n) is 11.8. The van der Waals surface area contributed by atoms with Crippen molar-refractivity contribution in [1.29, 1.82) is 0 Å². The Hall–Kier alpha value is -1.75. The van der Waals surface area contributed by atoms with Gasteiger partial charge in [0.15, 0.2) is 5.82 Å². The SMILES string of the molecule is CCCc1cc(NC(=O)CSc2ccccc2C)n[nH]1. The highest BCUT2D eigenvalue weighted by Crippen LogP contribution is 2.21. The van der Waals surface area contributed by atoms with E-state index < -0.39 is 0 Å². The molecule has 0 unspecified atom stereocenters. The number of aromatic amines is 1. The zero-order chi connectivity index (χ0) is 14.4. The zero-order valence-corrected chi connectivity index (χ0v) is 12.6. The number of amides is 1. The maximum atomic E-state index is 11.9. The van der Waals surface area contributed by atoms with E-state index in [1.807, 2.05) is 37.3 Å². The number of hydrogen-bond acceptors (Lipinski definition) is 3. The summed E-state index contributed by atoms with van der Waals surface area (Å²) in [6.07, 6.45) is 2.00. The van der Waals surface area contributed by atoms with Gasteiger partial charge in [-0.3, -0.25) is 9.89 Å². The van der Waals surface area contributed by atoms with Crippen LogP contribution in [0.15, 0.2) is 35.2 Å². The van der Waals surface area contributed by atoms with Gasteiger partial charge in [0.2, 0.25) is 5.91 Å². The number of hydrogen-bond donors (Lipinski definition) is 2. The van der Waals surface area contributed by atoms with Crippen LogP contribution in [0.5, 0.6) is 0 Å². The average Bonchev–Trinajstić information content (AvgIpc) is 2.85. The Kier molecular flexibility index (Phi) is 5.24. The number of anilines is 1. The number of benzene rings is 1. The number of nitrogens with one attached hydrogen (secondary N) is 2. The van der Waals surface area contributed by atoms with Crippen molar-refractivity contribution in [2.45, 2.75) is 31.6 Å². The van der Waals surface area contributed by atoms with Crippen LogP contribution in [0.25, 0.3) is 0 Å². The van der Waals surface area contributed by atoms with Crippen LogP contribution in [-0.2, 0) is 11.2 Å². The van der Waals surface area contributed by atoms with E-state index >= 15 is 0 Å². The van der Waals surface area contributed by atoms with Gasteiger partial charge in [0.1, 0.15) is 0 Å². The molecule has 1 amide bonds. The van der Waals surface area contributed by atoms with E-state index in [1.54, 1.807) is 11.8 Å². The van der Waals surface area contributed by atoms with Crippen molar-refractivity contribution in [3.8, 4) is 0 Å². The van der Waals surface area contributed by atoms with Gasteiger partial charge in [0.25, 0.3) is 0 Å². The Morgan fingerprint density at radius 2 is 2.20 bits per heavy atom. The average molecular weight is 289 g/mol. The van der Waals surface area contributed by atoms with Crippen LogP contribution in [-0.4, -0.2) is 21.9 Å². The number of thioether (sulfide) groups is 1.